The molecule has 0 spiro atoms. The van der Waals surface area contributed by atoms with Crippen LogP contribution >= 0.6 is 0 Å². The van der Waals surface area contributed by atoms with Gasteiger partial charge in [-0.1, -0.05) is 36.4 Å². The Morgan fingerprint density at radius 1 is 1.03 bits per heavy atom. The van der Waals surface area contributed by atoms with Gasteiger partial charge in [-0.15, -0.1) is 0 Å². The Labute approximate surface area is 192 Å². The fourth-order valence-corrected chi connectivity index (χ4v) is 4.65. The second kappa shape index (κ2) is 9.02. The predicted molar refractivity (Wildman–Crippen MR) is 125 cm³/mol. The van der Waals surface area contributed by atoms with Crippen LogP contribution < -0.4 is 5.32 Å². The summed E-state index contributed by atoms with van der Waals surface area (Å²) in [5.74, 6) is -0.657. The van der Waals surface area contributed by atoms with Gasteiger partial charge < -0.3 is 9.88 Å². The van der Waals surface area contributed by atoms with E-state index in [0.717, 1.165) is 36.9 Å². The van der Waals surface area contributed by atoms with Crippen molar-refractivity contribution in [3.05, 3.63) is 84.8 Å². The van der Waals surface area contributed by atoms with Gasteiger partial charge in [0.2, 0.25) is 0 Å². The molecule has 0 radical (unpaired) electrons. The van der Waals surface area contributed by atoms with Crippen LogP contribution in [0.25, 0.3) is 22.4 Å². The number of hydrogen-bond acceptors (Lipinski definition) is 3. The molecule has 0 bridgehead atoms. The Kier molecular flexibility index (Phi) is 5.77. The number of nitrogens with one attached hydrogen (secondary N) is 1. The van der Waals surface area contributed by atoms with Gasteiger partial charge in [0.15, 0.2) is 0 Å². The SMILES string of the molecule is Cn1cc(-c2ccc(C(=O)NC3CCC(n4cncc4-c4ccccc4)CC3)cc2F)cn1. The van der Waals surface area contributed by atoms with E-state index in [4.69, 9.17) is 0 Å². The van der Waals surface area contributed by atoms with Crippen LogP contribution in [0.4, 0.5) is 4.39 Å². The van der Waals surface area contributed by atoms with Crippen molar-refractivity contribution in [2.24, 2.45) is 7.05 Å². The van der Waals surface area contributed by atoms with Gasteiger partial charge in [0.25, 0.3) is 5.91 Å². The number of amides is 1. The van der Waals surface area contributed by atoms with E-state index in [1.54, 1.807) is 36.3 Å². The Balaban J connectivity index is 1.21. The van der Waals surface area contributed by atoms with Gasteiger partial charge in [-0.2, -0.15) is 5.10 Å². The number of halogens is 1. The molecule has 168 valence electrons. The number of carbonyl (C=O) groups excluding carboxylic acids is 1. The van der Waals surface area contributed by atoms with Gasteiger partial charge in [-0.25, -0.2) is 9.37 Å². The average molecular weight is 444 g/mol. The first-order valence-electron chi connectivity index (χ1n) is 11.2. The van der Waals surface area contributed by atoms with E-state index < -0.39 is 5.82 Å². The monoisotopic (exact) mass is 443 g/mol. The van der Waals surface area contributed by atoms with Crippen LogP contribution in [-0.4, -0.2) is 31.3 Å². The van der Waals surface area contributed by atoms with E-state index in [0.29, 0.717) is 22.7 Å². The highest BCUT2D eigenvalue weighted by atomic mass is 19.1. The van der Waals surface area contributed by atoms with Crippen molar-refractivity contribution < 1.29 is 9.18 Å². The first-order valence-corrected chi connectivity index (χ1v) is 11.2. The summed E-state index contributed by atoms with van der Waals surface area (Å²) < 4.78 is 18.5. The molecule has 1 fully saturated rings. The maximum atomic E-state index is 14.6. The highest BCUT2D eigenvalue weighted by Crippen LogP contribution is 2.32. The number of nitrogens with zero attached hydrogens (tertiary/aromatic N) is 4. The molecule has 0 aliphatic heterocycles. The number of aromatic nitrogens is 4. The number of carbonyl (C=O) groups is 1. The minimum absolute atomic E-state index is 0.0820. The molecule has 1 saturated carbocycles. The number of imidazole rings is 1. The Hall–Kier alpha value is -3.74. The third-order valence-electron chi connectivity index (χ3n) is 6.41. The van der Waals surface area contributed by atoms with Crippen molar-refractivity contribution >= 4 is 5.91 Å². The fraction of sp³-hybridized carbons (Fsp3) is 0.269. The van der Waals surface area contributed by atoms with Gasteiger partial charge in [0, 0.05) is 42.0 Å². The van der Waals surface area contributed by atoms with Crippen molar-refractivity contribution in [3.63, 3.8) is 0 Å². The minimum atomic E-state index is -0.423. The van der Waals surface area contributed by atoms with Crippen LogP contribution in [0.1, 0.15) is 42.1 Å². The molecule has 33 heavy (non-hydrogen) atoms. The second-order valence-corrected chi connectivity index (χ2v) is 8.63. The Bertz CT molecular complexity index is 1250. The zero-order valence-electron chi connectivity index (χ0n) is 18.5. The summed E-state index contributed by atoms with van der Waals surface area (Å²) in [6, 6.07) is 15.3. The normalized spacial score (nSPS) is 18.2. The number of aryl methyl sites for hydroxylation is 1. The summed E-state index contributed by atoms with van der Waals surface area (Å²) in [5.41, 5.74) is 3.74. The van der Waals surface area contributed by atoms with Crippen molar-refractivity contribution in [2.45, 2.75) is 37.8 Å². The molecular weight excluding hydrogens is 417 g/mol. The lowest BCUT2D eigenvalue weighted by Gasteiger charge is -2.31. The molecule has 1 N–H and O–H groups in total. The lowest BCUT2D eigenvalue weighted by molar-refractivity contribution is 0.0922. The largest absolute Gasteiger partial charge is 0.349 e. The van der Waals surface area contributed by atoms with E-state index >= 15 is 0 Å². The first-order chi connectivity index (χ1) is 16.1. The van der Waals surface area contributed by atoms with Crippen molar-refractivity contribution in [1.29, 1.82) is 0 Å². The van der Waals surface area contributed by atoms with Gasteiger partial charge in [0.05, 0.1) is 24.4 Å². The molecule has 1 aliphatic rings. The van der Waals surface area contributed by atoms with E-state index in [2.05, 4.69) is 32.1 Å². The molecule has 1 amide bonds. The van der Waals surface area contributed by atoms with E-state index in [9.17, 15) is 9.18 Å². The molecule has 0 unspecified atom stereocenters. The molecule has 2 heterocycles. The van der Waals surface area contributed by atoms with Gasteiger partial charge in [-0.05, 0) is 43.4 Å². The van der Waals surface area contributed by atoms with Gasteiger partial charge in [-0.3, -0.25) is 9.48 Å². The molecule has 1 aliphatic carbocycles. The summed E-state index contributed by atoms with van der Waals surface area (Å²) >= 11 is 0. The van der Waals surface area contributed by atoms with E-state index in [-0.39, 0.29) is 11.9 Å². The van der Waals surface area contributed by atoms with Crippen LogP contribution in [0.15, 0.2) is 73.4 Å². The highest BCUT2D eigenvalue weighted by molar-refractivity contribution is 5.95. The van der Waals surface area contributed by atoms with E-state index in [1.165, 1.54) is 6.07 Å². The smallest absolute Gasteiger partial charge is 0.251 e. The van der Waals surface area contributed by atoms with Gasteiger partial charge in [0.1, 0.15) is 5.82 Å². The summed E-state index contributed by atoms with van der Waals surface area (Å²) in [6.45, 7) is 0. The average Bonchev–Trinajstić information content (AvgIpc) is 3.49. The van der Waals surface area contributed by atoms with Crippen molar-refractivity contribution in [2.75, 3.05) is 0 Å². The molecule has 7 heteroatoms. The highest BCUT2D eigenvalue weighted by Gasteiger charge is 2.25. The standard InChI is InChI=1S/C26H26FN5O/c1-31-16-20(14-29-31)23-12-7-19(13-24(23)27)26(33)30-21-8-10-22(11-9-21)32-17-28-15-25(32)18-5-3-2-4-6-18/h2-7,12-17,21-22H,8-11H2,1H3,(H,30,33). The summed E-state index contributed by atoms with van der Waals surface area (Å²) in [4.78, 5) is 17.1. The minimum Gasteiger partial charge on any atom is -0.349 e. The van der Waals surface area contributed by atoms with E-state index in [1.807, 2.05) is 30.7 Å². The fourth-order valence-electron chi connectivity index (χ4n) is 4.65. The zero-order valence-corrected chi connectivity index (χ0v) is 18.5. The predicted octanol–water partition coefficient (Wildman–Crippen LogP) is 5.00. The quantitative estimate of drug-likeness (QED) is 0.472. The molecule has 0 atom stereocenters. The Morgan fingerprint density at radius 2 is 1.82 bits per heavy atom. The molecule has 0 saturated heterocycles. The summed E-state index contributed by atoms with van der Waals surface area (Å²) in [5, 5.41) is 7.17. The van der Waals surface area contributed by atoms with Crippen LogP contribution in [-0.2, 0) is 7.05 Å². The molecule has 4 aromatic rings. The summed E-state index contributed by atoms with van der Waals surface area (Å²) in [6.07, 6.45) is 10.8. The zero-order chi connectivity index (χ0) is 22.8. The molecule has 6 nitrogen and oxygen atoms in total. The number of benzene rings is 2. The van der Waals surface area contributed by atoms with Gasteiger partial charge >= 0.3 is 0 Å². The molecule has 5 rings (SSSR count). The van der Waals surface area contributed by atoms with Crippen molar-refractivity contribution in [3.8, 4) is 22.4 Å². The molecule has 2 aromatic carbocycles. The molecular formula is C26H26FN5O. The lowest BCUT2D eigenvalue weighted by Crippen LogP contribution is -2.38. The van der Waals surface area contributed by atoms with Crippen LogP contribution in [0.3, 0.4) is 0 Å². The topological polar surface area (TPSA) is 64.7 Å². The number of rotatable bonds is 5. The third-order valence-corrected chi connectivity index (χ3v) is 6.41. The lowest BCUT2D eigenvalue weighted by atomic mass is 9.90. The maximum absolute atomic E-state index is 14.6. The van der Waals surface area contributed by atoms with Crippen LogP contribution in [0, 0.1) is 5.82 Å². The van der Waals surface area contributed by atoms with Crippen molar-refractivity contribution in [1.82, 2.24) is 24.6 Å². The second-order valence-electron chi connectivity index (χ2n) is 8.63. The molecule has 2 aromatic heterocycles. The van der Waals surface area contributed by atoms with Crippen LogP contribution in [0.5, 0.6) is 0 Å². The first kappa shape index (κ1) is 21.1. The number of hydrogen-bond donors (Lipinski definition) is 1. The van der Waals surface area contributed by atoms with Crippen LogP contribution in [0.2, 0.25) is 0 Å². The maximum Gasteiger partial charge on any atom is 0.251 e. The third kappa shape index (κ3) is 4.44. The summed E-state index contributed by atoms with van der Waals surface area (Å²) in [7, 11) is 1.78. The Morgan fingerprint density at radius 3 is 2.52 bits per heavy atom.